The quantitative estimate of drug-likeness (QED) is 0.787. The smallest absolute Gasteiger partial charge is 0.236 e. The summed E-state index contributed by atoms with van der Waals surface area (Å²) in [6.07, 6.45) is 5.96. The van der Waals surface area contributed by atoms with Crippen LogP contribution in [-0.4, -0.2) is 55.0 Å². The summed E-state index contributed by atoms with van der Waals surface area (Å²) in [7, 11) is 0. The van der Waals surface area contributed by atoms with E-state index in [0.29, 0.717) is 18.4 Å². The summed E-state index contributed by atoms with van der Waals surface area (Å²) >= 11 is 0. The number of nitrogens with zero attached hydrogens (tertiary/aromatic N) is 2. The molecule has 98 valence electrons. The van der Waals surface area contributed by atoms with Crippen LogP contribution >= 0.6 is 0 Å². The van der Waals surface area contributed by atoms with Crippen LogP contribution in [0, 0.1) is 5.92 Å². The van der Waals surface area contributed by atoms with Gasteiger partial charge in [-0.15, -0.1) is 0 Å². The SMILES string of the molecule is NCC1CCN(CC(=O)N2CCCCC2)CC1. The number of hydrogen-bond donors (Lipinski definition) is 1. The lowest BCUT2D eigenvalue weighted by Gasteiger charge is -2.33. The highest BCUT2D eigenvalue weighted by Crippen LogP contribution is 2.16. The number of carbonyl (C=O) groups is 1. The van der Waals surface area contributed by atoms with Gasteiger partial charge in [-0.05, 0) is 57.7 Å². The number of likely N-dealkylation sites (tertiary alicyclic amines) is 2. The Labute approximate surface area is 104 Å². The van der Waals surface area contributed by atoms with Crippen molar-refractivity contribution in [2.75, 3.05) is 39.3 Å². The summed E-state index contributed by atoms with van der Waals surface area (Å²) in [5.41, 5.74) is 5.67. The Morgan fingerprint density at radius 2 is 1.71 bits per heavy atom. The lowest BCUT2D eigenvalue weighted by Crippen LogP contribution is -2.45. The molecule has 2 aliphatic rings. The average Bonchev–Trinajstić information content (AvgIpc) is 2.40. The van der Waals surface area contributed by atoms with Gasteiger partial charge in [0, 0.05) is 13.1 Å². The monoisotopic (exact) mass is 239 g/mol. The molecule has 17 heavy (non-hydrogen) atoms. The van der Waals surface area contributed by atoms with Crippen molar-refractivity contribution in [1.29, 1.82) is 0 Å². The Balaban J connectivity index is 1.71. The molecule has 0 aromatic rings. The van der Waals surface area contributed by atoms with E-state index in [-0.39, 0.29) is 0 Å². The molecule has 0 aromatic carbocycles. The lowest BCUT2D eigenvalue weighted by atomic mass is 9.97. The molecule has 0 bridgehead atoms. The number of amides is 1. The van der Waals surface area contributed by atoms with Gasteiger partial charge in [0.25, 0.3) is 0 Å². The van der Waals surface area contributed by atoms with Gasteiger partial charge in [0.1, 0.15) is 0 Å². The van der Waals surface area contributed by atoms with Crippen molar-refractivity contribution in [3.8, 4) is 0 Å². The normalized spacial score (nSPS) is 23.9. The molecular formula is C13H25N3O. The molecule has 4 nitrogen and oxygen atoms in total. The molecule has 0 unspecified atom stereocenters. The maximum Gasteiger partial charge on any atom is 0.236 e. The minimum atomic E-state index is 0.330. The largest absolute Gasteiger partial charge is 0.342 e. The fourth-order valence-electron chi connectivity index (χ4n) is 2.81. The van der Waals surface area contributed by atoms with Crippen LogP contribution in [0.25, 0.3) is 0 Å². The van der Waals surface area contributed by atoms with Crippen molar-refractivity contribution in [3.05, 3.63) is 0 Å². The van der Waals surface area contributed by atoms with Gasteiger partial charge in [0.05, 0.1) is 6.54 Å². The summed E-state index contributed by atoms with van der Waals surface area (Å²) in [5, 5.41) is 0. The van der Waals surface area contributed by atoms with Crippen molar-refractivity contribution in [3.63, 3.8) is 0 Å². The van der Waals surface area contributed by atoms with Crippen molar-refractivity contribution in [2.24, 2.45) is 11.7 Å². The zero-order valence-corrected chi connectivity index (χ0v) is 10.7. The van der Waals surface area contributed by atoms with Gasteiger partial charge in [0.15, 0.2) is 0 Å². The zero-order valence-electron chi connectivity index (χ0n) is 10.7. The van der Waals surface area contributed by atoms with Crippen LogP contribution in [0.2, 0.25) is 0 Å². The third kappa shape index (κ3) is 3.68. The first kappa shape index (κ1) is 12.8. The fourth-order valence-corrected chi connectivity index (χ4v) is 2.81. The molecule has 2 aliphatic heterocycles. The van der Waals surface area contributed by atoms with Gasteiger partial charge in [0.2, 0.25) is 5.91 Å². The van der Waals surface area contributed by atoms with Crippen LogP contribution in [-0.2, 0) is 4.79 Å². The topological polar surface area (TPSA) is 49.6 Å². The molecule has 4 heteroatoms. The Morgan fingerprint density at radius 1 is 1.06 bits per heavy atom. The van der Waals surface area contributed by atoms with Crippen LogP contribution in [0.15, 0.2) is 0 Å². The Bertz CT molecular complexity index is 243. The molecular weight excluding hydrogens is 214 g/mol. The number of nitrogens with two attached hydrogens (primary N) is 1. The first-order chi connectivity index (χ1) is 8.29. The molecule has 2 fully saturated rings. The summed E-state index contributed by atoms with van der Waals surface area (Å²) < 4.78 is 0. The van der Waals surface area contributed by atoms with E-state index in [1.54, 1.807) is 0 Å². The van der Waals surface area contributed by atoms with E-state index in [1.165, 1.54) is 19.3 Å². The second-order valence-corrected chi connectivity index (χ2v) is 5.40. The van der Waals surface area contributed by atoms with Gasteiger partial charge >= 0.3 is 0 Å². The molecule has 0 aliphatic carbocycles. The second kappa shape index (κ2) is 6.36. The van der Waals surface area contributed by atoms with Gasteiger partial charge in [-0.3, -0.25) is 9.69 Å². The Hall–Kier alpha value is -0.610. The second-order valence-electron chi connectivity index (χ2n) is 5.40. The van der Waals surface area contributed by atoms with Crippen molar-refractivity contribution in [2.45, 2.75) is 32.1 Å². The molecule has 0 atom stereocenters. The van der Waals surface area contributed by atoms with Crippen LogP contribution in [0.1, 0.15) is 32.1 Å². The number of piperidine rings is 2. The maximum atomic E-state index is 12.1. The minimum absolute atomic E-state index is 0.330. The standard InChI is InChI=1S/C13H25N3O/c14-10-12-4-8-15(9-5-12)11-13(17)16-6-2-1-3-7-16/h12H,1-11,14H2. The predicted molar refractivity (Wildman–Crippen MR) is 68.6 cm³/mol. The van der Waals surface area contributed by atoms with E-state index in [9.17, 15) is 4.79 Å². The fraction of sp³-hybridized carbons (Fsp3) is 0.923. The van der Waals surface area contributed by atoms with E-state index in [1.807, 2.05) is 4.90 Å². The number of carbonyl (C=O) groups excluding carboxylic acids is 1. The molecule has 0 spiro atoms. The Kier molecular flexibility index (Phi) is 4.80. The Morgan fingerprint density at radius 3 is 2.29 bits per heavy atom. The predicted octanol–water partition coefficient (Wildman–Crippen LogP) is 0.670. The van der Waals surface area contributed by atoms with Crippen LogP contribution in [0.4, 0.5) is 0 Å². The van der Waals surface area contributed by atoms with Crippen molar-refractivity contribution < 1.29 is 4.79 Å². The number of hydrogen-bond acceptors (Lipinski definition) is 3. The maximum absolute atomic E-state index is 12.1. The third-order valence-electron chi connectivity index (χ3n) is 4.11. The molecule has 0 radical (unpaired) electrons. The molecule has 0 aromatic heterocycles. The van der Waals surface area contributed by atoms with Gasteiger partial charge < -0.3 is 10.6 Å². The first-order valence-corrected chi connectivity index (χ1v) is 7.00. The van der Waals surface area contributed by atoms with E-state index in [2.05, 4.69) is 4.90 Å². The molecule has 2 saturated heterocycles. The van der Waals surface area contributed by atoms with Crippen LogP contribution in [0.5, 0.6) is 0 Å². The van der Waals surface area contributed by atoms with E-state index >= 15 is 0 Å². The van der Waals surface area contributed by atoms with Gasteiger partial charge in [-0.25, -0.2) is 0 Å². The van der Waals surface area contributed by atoms with Gasteiger partial charge in [-0.2, -0.15) is 0 Å². The minimum Gasteiger partial charge on any atom is -0.342 e. The average molecular weight is 239 g/mol. The molecule has 2 heterocycles. The van der Waals surface area contributed by atoms with E-state index < -0.39 is 0 Å². The third-order valence-corrected chi connectivity index (χ3v) is 4.11. The van der Waals surface area contributed by atoms with Crippen LogP contribution < -0.4 is 5.73 Å². The first-order valence-electron chi connectivity index (χ1n) is 7.00. The van der Waals surface area contributed by atoms with E-state index in [0.717, 1.165) is 45.6 Å². The summed E-state index contributed by atoms with van der Waals surface area (Å²) in [6, 6.07) is 0. The summed E-state index contributed by atoms with van der Waals surface area (Å²) in [4.78, 5) is 16.4. The van der Waals surface area contributed by atoms with E-state index in [4.69, 9.17) is 5.73 Å². The zero-order chi connectivity index (χ0) is 12.1. The van der Waals surface area contributed by atoms with Crippen molar-refractivity contribution in [1.82, 2.24) is 9.80 Å². The molecule has 1 amide bonds. The highest BCUT2D eigenvalue weighted by atomic mass is 16.2. The highest BCUT2D eigenvalue weighted by Gasteiger charge is 2.22. The van der Waals surface area contributed by atoms with Crippen molar-refractivity contribution >= 4 is 5.91 Å². The molecule has 0 saturated carbocycles. The summed E-state index contributed by atoms with van der Waals surface area (Å²) in [6.45, 7) is 5.45. The number of rotatable bonds is 3. The molecule has 2 rings (SSSR count). The molecule has 2 N–H and O–H groups in total. The van der Waals surface area contributed by atoms with Crippen LogP contribution in [0.3, 0.4) is 0 Å². The lowest BCUT2D eigenvalue weighted by molar-refractivity contribution is -0.133. The van der Waals surface area contributed by atoms with Gasteiger partial charge in [-0.1, -0.05) is 0 Å². The highest BCUT2D eigenvalue weighted by molar-refractivity contribution is 5.78. The summed E-state index contributed by atoms with van der Waals surface area (Å²) in [5.74, 6) is 1.01.